The van der Waals surface area contributed by atoms with Gasteiger partial charge in [-0.15, -0.1) is 0 Å². The summed E-state index contributed by atoms with van der Waals surface area (Å²) in [6.45, 7) is 11.3. The lowest BCUT2D eigenvalue weighted by molar-refractivity contribution is 0.267. The molecule has 0 aliphatic carbocycles. The Morgan fingerprint density at radius 3 is 2.81 bits per heavy atom. The van der Waals surface area contributed by atoms with Crippen molar-refractivity contribution in [3.8, 4) is 0 Å². The molecule has 1 unspecified atom stereocenters. The van der Waals surface area contributed by atoms with Crippen LogP contribution in [0.15, 0.2) is 4.99 Å². The van der Waals surface area contributed by atoms with Crippen LogP contribution in [0.5, 0.6) is 0 Å². The van der Waals surface area contributed by atoms with Crippen LogP contribution in [-0.4, -0.2) is 80.1 Å². The predicted molar refractivity (Wildman–Crippen MR) is 89.6 cm³/mol. The summed E-state index contributed by atoms with van der Waals surface area (Å²) in [4.78, 5) is 11.8. The highest BCUT2D eigenvalue weighted by molar-refractivity contribution is 5.78. The van der Waals surface area contributed by atoms with Gasteiger partial charge in [0, 0.05) is 32.7 Å². The maximum Gasteiger partial charge on any atom is 0.191 e. The first-order chi connectivity index (χ1) is 10.1. The second kappa shape index (κ2) is 8.59. The van der Waals surface area contributed by atoms with Gasteiger partial charge in [-0.05, 0) is 58.3 Å². The summed E-state index contributed by atoms with van der Waals surface area (Å²) in [5.74, 6) is 1.51. The Hall–Kier alpha value is -0.810. The second-order valence-corrected chi connectivity index (χ2v) is 6.79. The fourth-order valence-electron chi connectivity index (χ4n) is 3.31. The molecule has 2 rings (SSSR count). The topological polar surface area (TPSA) is 48.1 Å². The molecule has 5 heteroatoms. The van der Waals surface area contributed by atoms with E-state index in [0.29, 0.717) is 0 Å². The zero-order valence-corrected chi connectivity index (χ0v) is 13.9. The molecule has 122 valence electrons. The van der Waals surface area contributed by atoms with Crippen molar-refractivity contribution in [1.29, 1.82) is 0 Å². The molecule has 1 atom stereocenters. The first-order valence-corrected chi connectivity index (χ1v) is 8.61. The molecule has 5 nitrogen and oxygen atoms in total. The molecule has 2 aliphatic heterocycles. The Labute approximate surface area is 130 Å². The highest BCUT2D eigenvalue weighted by Crippen LogP contribution is 2.14. The van der Waals surface area contributed by atoms with Gasteiger partial charge >= 0.3 is 0 Å². The normalized spacial score (nSPS) is 26.9. The molecule has 0 aromatic heterocycles. The van der Waals surface area contributed by atoms with E-state index in [4.69, 9.17) is 5.73 Å². The van der Waals surface area contributed by atoms with Gasteiger partial charge in [0.15, 0.2) is 5.96 Å². The highest BCUT2D eigenvalue weighted by Gasteiger charge is 2.17. The van der Waals surface area contributed by atoms with E-state index in [9.17, 15) is 0 Å². The summed E-state index contributed by atoms with van der Waals surface area (Å²) in [7, 11) is 2.22. The number of hydrogen-bond acceptors (Lipinski definition) is 3. The number of hydrogen-bond donors (Lipinski definition) is 1. The average molecular weight is 295 g/mol. The summed E-state index contributed by atoms with van der Waals surface area (Å²) < 4.78 is 0. The molecule has 2 fully saturated rings. The van der Waals surface area contributed by atoms with E-state index in [1.54, 1.807) is 0 Å². The Bertz CT molecular complexity index is 331. The smallest absolute Gasteiger partial charge is 0.191 e. The van der Waals surface area contributed by atoms with E-state index in [-0.39, 0.29) is 0 Å². The molecule has 0 aromatic carbocycles. The largest absolute Gasteiger partial charge is 0.370 e. The Morgan fingerprint density at radius 2 is 2.00 bits per heavy atom. The van der Waals surface area contributed by atoms with Crippen molar-refractivity contribution in [3.63, 3.8) is 0 Å². The molecule has 0 aromatic rings. The highest BCUT2D eigenvalue weighted by atomic mass is 15.3. The van der Waals surface area contributed by atoms with Crippen molar-refractivity contribution in [2.45, 2.75) is 32.6 Å². The average Bonchev–Trinajstić information content (AvgIpc) is 2.68. The van der Waals surface area contributed by atoms with E-state index in [1.807, 2.05) is 0 Å². The minimum absolute atomic E-state index is 0.751. The van der Waals surface area contributed by atoms with Crippen LogP contribution in [0.2, 0.25) is 0 Å². The zero-order valence-electron chi connectivity index (χ0n) is 13.9. The zero-order chi connectivity index (χ0) is 15.1. The van der Waals surface area contributed by atoms with Gasteiger partial charge in [0.05, 0.1) is 0 Å². The van der Waals surface area contributed by atoms with Crippen LogP contribution in [0.4, 0.5) is 0 Å². The molecule has 0 saturated carbocycles. The van der Waals surface area contributed by atoms with Crippen LogP contribution in [-0.2, 0) is 0 Å². The predicted octanol–water partition coefficient (Wildman–Crippen LogP) is 1.06. The lowest BCUT2D eigenvalue weighted by Crippen LogP contribution is -2.43. The quantitative estimate of drug-likeness (QED) is 0.479. The van der Waals surface area contributed by atoms with Gasteiger partial charge in [0.2, 0.25) is 0 Å². The van der Waals surface area contributed by atoms with Gasteiger partial charge in [-0.3, -0.25) is 4.99 Å². The van der Waals surface area contributed by atoms with Crippen molar-refractivity contribution in [3.05, 3.63) is 0 Å². The third-order valence-corrected chi connectivity index (χ3v) is 4.70. The van der Waals surface area contributed by atoms with Crippen molar-refractivity contribution >= 4 is 5.96 Å². The number of likely N-dealkylation sites (tertiary alicyclic amines) is 1. The van der Waals surface area contributed by atoms with Crippen molar-refractivity contribution in [2.24, 2.45) is 16.6 Å². The molecule has 0 bridgehead atoms. The molecular weight excluding hydrogens is 262 g/mol. The standard InChI is InChI=1S/C16H33N5/c1-15-6-3-11-21(14-15)16(17)18-7-4-9-20-10-5-8-19(2)12-13-20/h15H,3-14H2,1-2H3,(H2,17,18). The third kappa shape index (κ3) is 5.83. The maximum absolute atomic E-state index is 6.13. The van der Waals surface area contributed by atoms with Crippen molar-refractivity contribution in [1.82, 2.24) is 14.7 Å². The molecule has 2 heterocycles. The Morgan fingerprint density at radius 1 is 1.14 bits per heavy atom. The van der Waals surface area contributed by atoms with Crippen LogP contribution in [0.1, 0.15) is 32.6 Å². The van der Waals surface area contributed by atoms with E-state index in [0.717, 1.165) is 44.5 Å². The van der Waals surface area contributed by atoms with E-state index in [1.165, 1.54) is 45.4 Å². The molecule has 2 N–H and O–H groups in total. The molecule has 0 radical (unpaired) electrons. The van der Waals surface area contributed by atoms with Crippen LogP contribution in [0, 0.1) is 5.92 Å². The minimum Gasteiger partial charge on any atom is -0.370 e. The number of nitrogens with two attached hydrogens (primary N) is 1. The Balaban J connectivity index is 1.64. The van der Waals surface area contributed by atoms with Crippen LogP contribution in [0.3, 0.4) is 0 Å². The SMILES string of the molecule is CC1CCCN(C(N)=NCCCN2CCCN(C)CC2)C1. The van der Waals surface area contributed by atoms with Crippen LogP contribution < -0.4 is 5.73 Å². The summed E-state index contributed by atoms with van der Waals surface area (Å²) in [5, 5.41) is 0. The van der Waals surface area contributed by atoms with Gasteiger partial charge < -0.3 is 20.4 Å². The van der Waals surface area contributed by atoms with Gasteiger partial charge in [0.25, 0.3) is 0 Å². The minimum atomic E-state index is 0.751. The lowest BCUT2D eigenvalue weighted by Gasteiger charge is -2.31. The molecular formula is C16H33N5. The van der Waals surface area contributed by atoms with Crippen LogP contribution >= 0.6 is 0 Å². The fraction of sp³-hybridized carbons (Fsp3) is 0.938. The maximum atomic E-state index is 6.13. The summed E-state index contributed by atoms with van der Waals surface area (Å²) >= 11 is 0. The number of piperidine rings is 1. The van der Waals surface area contributed by atoms with Crippen molar-refractivity contribution < 1.29 is 0 Å². The van der Waals surface area contributed by atoms with E-state index in [2.05, 4.69) is 33.7 Å². The first kappa shape index (κ1) is 16.6. The van der Waals surface area contributed by atoms with E-state index < -0.39 is 0 Å². The molecule has 0 spiro atoms. The summed E-state index contributed by atoms with van der Waals surface area (Å²) in [6.07, 6.45) is 4.98. The number of aliphatic imine (C=N–C) groups is 1. The first-order valence-electron chi connectivity index (χ1n) is 8.61. The van der Waals surface area contributed by atoms with E-state index >= 15 is 0 Å². The third-order valence-electron chi connectivity index (χ3n) is 4.70. The summed E-state index contributed by atoms with van der Waals surface area (Å²) in [5.41, 5.74) is 6.13. The molecule has 21 heavy (non-hydrogen) atoms. The summed E-state index contributed by atoms with van der Waals surface area (Å²) in [6, 6.07) is 0. The molecule has 2 saturated heterocycles. The van der Waals surface area contributed by atoms with Gasteiger partial charge in [0.1, 0.15) is 0 Å². The van der Waals surface area contributed by atoms with Crippen LogP contribution in [0.25, 0.3) is 0 Å². The Kier molecular flexibility index (Phi) is 6.77. The monoisotopic (exact) mass is 295 g/mol. The number of nitrogens with zero attached hydrogens (tertiary/aromatic N) is 4. The number of rotatable bonds is 4. The molecule has 2 aliphatic rings. The fourth-order valence-corrected chi connectivity index (χ4v) is 3.31. The van der Waals surface area contributed by atoms with Gasteiger partial charge in [-0.25, -0.2) is 0 Å². The number of likely N-dealkylation sites (N-methyl/N-ethyl adjacent to an activating group) is 1. The van der Waals surface area contributed by atoms with Gasteiger partial charge in [-0.2, -0.15) is 0 Å². The van der Waals surface area contributed by atoms with Gasteiger partial charge in [-0.1, -0.05) is 6.92 Å². The second-order valence-electron chi connectivity index (χ2n) is 6.79. The lowest BCUT2D eigenvalue weighted by atomic mass is 10.0. The number of guanidine groups is 1. The molecule has 0 amide bonds. The van der Waals surface area contributed by atoms with Crippen molar-refractivity contribution in [2.75, 3.05) is 59.4 Å².